The van der Waals surface area contributed by atoms with E-state index >= 15 is 0 Å². The van der Waals surface area contributed by atoms with Crippen molar-refractivity contribution >= 4 is 5.82 Å². The molecule has 0 unspecified atom stereocenters. The lowest BCUT2D eigenvalue weighted by atomic mass is 10.0. The lowest BCUT2D eigenvalue weighted by Gasteiger charge is -2.13. The van der Waals surface area contributed by atoms with Gasteiger partial charge in [-0.05, 0) is 51.5 Å². The van der Waals surface area contributed by atoms with Gasteiger partial charge in [0.15, 0.2) is 0 Å². The SMILES string of the molecule is Cc1ccc(C)c(-c2ccc(C#N)c(NC(C)C)n2)c1. The molecule has 102 valence electrons. The van der Waals surface area contributed by atoms with Crippen LogP contribution in [0.25, 0.3) is 11.3 Å². The van der Waals surface area contributed by atoms with E-state index in [2.05, 4.69) is 48.4 Å². The van der Waals surface area contributed by atoms with Crippen molar-refractivity contribution < 1.29 is 0 Å². The standard InChI is InChI=1S/C17H19N3/c1-11(2)19-17-14(10-18)7-8-16(20-17)15-9-12(3)5-6-13(15)4/h5-9,11H,1-4H3,(H,19,20). The topological polar surface area (TPSA) is 48.7 Å². The fourth-order valence-electron chi connectivity index (χ4n) is 2.09. The number of anilines is 1. The van der Waals surface area contributed by atoms with Crippen LogP contribution in [0.3, 0.4) is 0 Å². The molecule has 0 fully saturated rings. The first-order valence-corrected chi connectivity index (χ1v) is 6.76. The number of rotatable bonds is 3. The van der Waals surface area contributed by atoms with Crippen molar-refractivity contribution in [2.45, 2.75) is 33.7 Å². The number of hydrogen-bond acceptors (Lipinski definition) is 3. The molecular weight excluding hydrogens is 246 g/mol. The zero-order valence-corrected chi connectivity index (χ0v) is 12.4. The number of nitrogens with zero attached hydrogens (tertiary/aromatic N) is 2. The number of nitriles is 1. The highest BCUT2D eigenvalue weighted by Gasteiger charge is 2.09. The summed E-state index contributed by atoms with van der Waals surface area (Å²) in [6.45, 7) is 8.21. The van der Waals surface area contributed by atoms with Crippen LogP contribution < -0.4 is 5.32 Å². The minimum atomic E-state index is 0.239. The Balaban J connectivity index is 2.53. The van der Waals surface area contributed by atoms with Gasteiger partial charge in [-0.15, -0.1) is 0 Å². The molecule has 3 heteroatoms. The van der Waals surface area contributed by atoms with Crippen molar-refractivity contribution in [3.05, 3.63) is 47.0 Å². The zero-order valence-electron chi connectivity index (χ0n) is 12.4. The van der Waals surface area contributed by atoms with Crippen LogP contribution in [-0.4, -0.2) is 11.0 Å². The molecule has 1 N–H and O–H groups in total. The molecule has 0 saturated carbocycles. The van der Waals surface area contributed by atoms with Crippen LogP contribution >= 0.6 is 0 Å². The lowest BCUT2D eigenvalue weighted by molar-refractivity contribution is 0.888. The molecule has 3 nitrogen and oxygen atoms in total. The highest BCUT2D eigenvalue weighted by atomic mass is 15.0. The van der Waals surface area contributed by atoms with Crippen LogP contribution in [0.1, 0.15) is 30.5 Å². The smallest absolute Gasteiger partial charge is 0.144 e. The van der Waals surface area contributed by atoms with Crippen molar-refractivity contribution in [3.8, 4) is 17.3 Å². The Hall–Kier alpha value is -2.34. The molecule has 1 aromatic carbocycles. The van der Waals surface area contributed by atoms with Gasteiger partial charge in [0.2, 0.25) is 0 Å². The second kappa shape index (κ2) is 5.75. The highest BCUT2D eigenvalue weighted by molar-refractivity contribution is 5.68. The zero-order chi connectivity index (χ0) is 14.7. The van der Waals surface area contributed by atoms with Gasteiger partial charge < -0.3 is 5.32 Å². The molecule has 2 aromatic rings. The number of aryl methyl sites for hydroxylation is 2. The molecule has 0 bridgehead atoms. The van der Waals surface area contributed by atoms with Crippen LogP contribution in [0.2, 0.25) is 0 Å². The van der Waals surface area contributed by atoms with E-state index in [9.17, 15) is 0 Å². The Labute approximate surface area is 120 Å². The van der Waals surface area contributed by atoms with Crippen molar-refractivity contribution in [2.75, 3.05) is 5.32 Å². The summed E-state index contributed by atoms with van der Waals surface area (Å²) in [7, 11) is 0. The molecule has 0 radical (unpaired) electrons. The van der Waals surface area contributed by atoms with E-state index in [1.54, 1.807) is 0 Å². The summed E-state index contributed by atoms with van der Waals surface area (Å²) in [5.41, 5.74) is 4.97. The van der Waals surface area contributed by atoms with Gasteiger partial charge in [-0.25, -0.2) is 4.98 Å². The summed E-state index contributed by atoms with van der Waals surface area (Å²) < 4.78 is 0. The van der Waals surface area contributed by atoms with Gasteiger partial charge in [-0.2, -0.15) is 5.26 Å². The molecule has 0 aliphatic rings. The van der Waals surface area contributed by atoms with Crippen molar-refractivity contribution in [1.82, 2.24) is 4.98 Å². The van der Waals surface area contributed by atoms with Gasteiger partial charge in [0.25, 0.3) is 0 Å². The first-order chi connectivity index (χ1) is 9.51. The van der Waals surface area contributed by atoms with E-state index in [1.165, 1.54) is 11.1 Å². The third-order valence-electron chi connectivity index (χ3n) is 3.11. The maximum Gasteiger partial charge on any atom is 0.144 e. The van der Waals surface area contributed by atoms with E-state index in [0.29, 0.717) is 11.4 Å². The van der Waals surface area contributed by atoms with Gasteiger partial charge in [-0.1, -0.05) is 17.7 Å². The molecule has 0 aliphatic heterocycles. The second-order valence-electron chi connectivity index (χ2n) is 5.32. The fraction of sp³-hybridized carbons (Fsp3) is 0.294. The van der Waals surface area contributed by atoms with Gasteiger partial charge >= 0.3 is 0 Å². The largest absolute Gasteiger partial charge is 0.367 e. The molecule has 1 aromatic heterocycles. The van der Waals surface area contributed by atoms with E-state index in [1.807, 2.05) is 26.0 Å². The Morgan fingerprint density at radius 2 is 1.90 bits per heavy atom. The quantitative estimate of drug-likeness (QED) is 0.910. The number of aromatic nitrogens is 1. The van der Waals surface area contributed by atoms with Crippen molar-refractivity contribution in [3.63, 3.8) is 0 Å². The van der Waals surface area contributed by atoms with Gasteiger partial charge in [0.1, 0.15) is 11.9 Å². The summed E-state index contributed by atoms with van der Waals surface area (Å²) in [6.07, 6.45) is 0. The minimum absolute atomic E-state index is 0.239. The summed E-state index contributed by atoms with van der Waals surface area (Å²) in [4.78, 5) is 4.62. The van der Waals surface area contributed by atoms with E-state index in [-0.39, 0.29) is 6.04 Å². The molecule has 0 aliphatic carbocycles. The van der Waals surface area contributed by atoms with E-state index < -0.39 is 0 Å². The second-order valence-corrected chi connectivity index (χ2v) is 5.32. The molecule has 0 amide bonds. The van der Waals surface area contributed by atoms with Crippen LogP contribution in [0, 0.1) is 25.2 Å². The Bertz CT molecular complexity index is 666. The molecule has 20 heavy (non-hydrogen) atoms. The predicted octanol–water partition coefficient (Wildman–Crippen LogP) is 4.06. The summed E-state index contributed by atoms with van der Waals surface area (Å²) in [5, 5.41) is 12.4. The maximum atomic E-state index is 9.16. The molecule has 2 rings (SSSR count). The third kappa shape index (κ3) is 2.97. The summed E-state index contributed by atoms with van der Waals surface area (Å²) in [6, 6.07) is 12.5. The molecular formula is C17H19N3. The molecule has 1 heterocycles. The average molecular weight is 265 g/mol. The number of nitrogens with one attached hydrogen (secondary N) is 1. The highest BCUT2D eigenvalue weighted by Crippen LogP contribution is 2.25. The van der Waals surface area contributed by atoms with E-state index in [0.717, 1.165) is 11.3 Å². The maximum absolute atomic E-state index is 9.16. The van der Waals surface area contributed by atoms with Crippen LogP contribution in [-0.2, 0) is 0 Å². The van der Waals surface area contributed by atoms with Crippen molar-refractivity contribution in [1.29, 1.82) is 5.26 Å². The van der Waals surface area contributed by atoms with Crippen LogP contribution in [0.15, 0.2) is 30.3 Å². The number of pyridine rings is 1. The third-order valence-corrected chi connectivity index (χ3v) is 3.11. The number of hydrogen-bond donors (Lipinski definition) is 1. The summed E-state index contributed by atoms with van der Waals surface area (Å²) in [5.74, 6) is 0.654. The first kappa shape index (κ1) is 14.1. The lowest BCUT2D eigenvalue weighted by Crippen LogP contribution is -2.12. The number of benzene rings is 1. The van der Waals surface area contributed by atoms with Gasteiger partial charge in [0.05, 0.1) is 11.3 Å². The van der Waals surface area contributed by atoms with E-state index in [4.69, 9.17) is 5.26 Å². The van der Waals surface area contributed by atoms with Crippen LogP contribution in [0.5, 0.6) is 0 Å². The molecule has 0 spiro atoms. The molecule has 0 saturated heterocycles. The Morgan fingerprint density at radius 3 is 2.55 bits per heavy atom. The Kier molecular flexibility index (Phi) is 4.05. The van der Waals surface area contributed by atoms with Crippen LogP contribution in [0.4, 0.5) is 5.82 Å². The van der Waals surface area contributed by atoms with Crippen molar-refractivity contribution in [2.24, 2.45) is 0 Å². The van der Waals surface area contributed by atoms with Gasteiger partial charge in [0, 0.05) is 11.6 Å². The average Bonchev–Trinajstić information content (AvgIpc) is 2.41. The summed E-state index contributed by atoms with van der Waals surface area (Å²) >= 11 is 0. The van der Waals surface area contributed by atoms with Gasteiger partial charge in [-0.3, -0.25) is 0 Å². The Morgan fingerprint density at radius 1 is 1.15 bits per heavy atom. The normalized spacial score (nSPS) is 10.4. The molecule has 0 atom stereocenters. The monoisotopic (exact) mass is 265 g/mol. The minimum Gasteiger partial charge on any atom is -0.367 e. The fourth-order valence-corrected chi connectivity index (χ4v) is 2.09. The predicted molar refractivity (Wildman–Crippen MR) is 82.6 cm³/mol. The first-order valence-electron chi connectivity index (χ1n) is 6.76.